The molecule has 1 aromatic heterocycles. The van der Waals surface area contributed by atoms with Crippen molar-refractivity contribution in [3.05, 3.63) is 23.1 Å². The van der Waals surface area contributed by atoms with Crippen LogP contribution in [0.5, 0.6) is 0 Å². The molecule has 2 unspecified atom stereocenters. The lowest BCUT2D eigenvalue weighted by Crippen LogP contribution is -2.46. The second kappa shape index (κ2) is 6.44. The lowest BCUT2D eigenvalue weighted by atomic mass is 10.1. The van der Waals surface area contributed by atoms with Crippen LogP contribution in [0.4, 0.5) is 10.1 Å². The average molecular weight is 349 g/mol. The number of hydrogen-bond donors (Lipinski definition) is 0. The molecule has 0 radical (unpaired) electrons. The summed E-state index contributed by atoms with van der Waals surface area (Å²) in [6.07, 6.45) is 0.387. The number of hydrogen-bond acceptors (Lipinski definition) is 6. The molecule has 8 heteroatoms. The largest absolute Gasteiger partial charge is 0.372 e. The Morgan fingerprint density at radius 3 is 2.56 bits per heavy atom. The van der Waals surface area contributed by atoms with Gasteiger partial charge >= 0.3 is 0 Å². The minimum absolute atomic E-state index is 0.0164. The highest BCUT2D eigenvalue weighted by Crippen LogP contribution is 2.34. The number of benzene rings is 1. The first-order chi connectivity index (χ1) is 11.8. The third kappa shape index (κ3) is 2.97. The molecule has 1 saturated heterocycles. The molecular formula is C17H20FN3O4. The SMILES string of the molecule is CC1CN(c2c(C=O)cc3c(C(=O)N(C)C)noc3c2F)CC(C)O1. The second-order valence-electron chi connectivity index (χ2n) is 6.52. The maximum Gasteiger partial charge on any atom is 0.276 e. The lowest BCUT2D eigenvalue weighted by molar-refractivity contribution is -0.00543. The summed E-state index contributed by atoms with van der Waals surface area (Å²) in [7, 11) is 3.12. The Labute approximate surface area is 144 Å². The Morgan fingerprint density at radius 2 is 2.00 bits per heavy atom. The summed E-state index contributed by atoms with van der Waals surface area (Å²) in [4.78, 5) is 26.8. The van der Waals surface area contributed by atoms with Gasteiger partial charge in [-0.3, -0.25) is 9.59 Å². The zero-order valence-corrected chi connectivity index (χ0v) is 14.6. The Balaban J connectivity index is 2.16. The molecular weight excluding hydrogens is 329 g/mol. The van der Waals surface area contributed by atoms with E-state index >= 15 is 4.39 Å². The predicted octanol–water partition coefficient (Wildman–Crippen LogP) is 2.09. The maximum atomic E-state index is 15.1. The molecule has 0 bridgehead atoms. The molecule has 0 saturated carbocycles. The Kier molecular flexibility index (Phi) is 4.47. The van der Waals surface area contributed by atoms with Crippen molar-refractivity contribution >= 4 is 28.8 Å². The first kappa shape index (κ1) is 17.3. The molecule has 3 rings (SSSR count). The highest BCUT2D eigenvalue weighted by molar-refractivity contribution is 6.06. The number of aldehydes is 1. The highest BCUT2D eigenvalue weighted by atomic mass is 19.1. The normalized spacial score (nSPS) is 20.8. The van der Waals surface area contributed by atoms with Crippen LogP contribution in [-0.4, -0.2) is 61.6 Å². The van der Waals surface area contributed by atoms with Crippen molar-refractivity contribution in [3.63, 3.8) is 0 Å². The van der Waals surface area contributed by atoms with Gasteiger partial charge in [0.1, 0.15) is 0 Å². The Bertz CT molecular complexity index is 823. The lowest BCUT2D eigenvalue weighted by Gasteiger charge is -2.37. The number of rotatable bonds is 3. The fourth-order valence-electron chi connectivity index (χ4n) is 3.19. The zero-order chi connectivity index (χ0) is 18.3. The Morgan fingerprint density at radius 1 is 1.36 bits per heavy atom. The summed E-state index contributed by atoms with van der Waals surface area (Å²) in [6, 6.07) is 1.46. The number of halogens is 1. The van der Waals surface area contributed by atoms with E-state index in [2.05, 4.69) is 5.16 Å². The predicted molar refractivity (Wildman–Crippen MR) is 89.6 cm³/mol. The van der Waals surface area contributed by atoms with Crippen LogP contribution in [0.3, 0.4) is 0 Å². The van der Waals surface area contributed by atoms with Crippen LogP contribution in [0.15, 0.2) is 10.6 Å². The molecule has 0 aliphatic carbocycles. The van der Waals surface area contributed by atoms with Crippen molar-refractivity contribution in [2.75, 3.05) is 32.1 Å². The topological polar surface area (TPSA) is 75.9 Å². The highest BCUT2D eigenvalue weighted by Gasteiger charge is 2.30. The van der Waals surface area contributed by atoms with Gasteiger partial charge in [-0.05, 0) is 19.9 Å². The molecule has 0 spiro atoms. The van der Waals surface area contributed by atoms with Crippen molar-refractivity contribution < 1.29 is 23.2 Å². The number of nitrogens with zero attached hydrogens (tertiary/aromatic N) is 3. The van der Waals surface area contributed by atoms with Crippen molar-refractivity contribution in [1.29, 1.82) is 0 Å². The van der Waals surface area contributed by atoms with E-state index in [9.17, 15) is 9.59 Å². The molecule has 134 valence electrons. The quantitative estimate of drug-likeness (QED) is 0.790. The minimum Gasteiger partial charge on any atom is -0.372 e. The van der Waals surface area contributed by atoms with Crippen LogP contribution in [0.25, 0.3) is 11.0 Å². The Hall–Kier alpha value is -2.48. The van der Waals surface area contributed by atoms with Crippen molar-refractivity contribution in [1.82, 2.24) is 10.1 Å². The number of amides is 1. The molecule has 1 aromatic carbocycles. The number of anilines is 1. The molecule has 1 fully saturated rings. The third-order valence-electron chi connectivity index (χ3n) is 4.18. The van der Waals surface area contributed by atoms with Gasteiger partial charge in [0, 0.05) is 32.7 Å². The standard InChI is InChI=1S/C17H20FN3O4/c1-9-6-21(7-10(2)24-9)15-11(8-22)5-12-14(17(23)20(3)4)19-25-16(12)13(15)18/h5,8-10H,6-7H2,1-4H3. The van der Waals surface area contributed by atoms with Crippen molar-refractivity contribution in [2.24, 2.45) is 0 Å². The van der Waals surface area contributed by atoms with E-state index in [-0.39, 0.29) is 40.1 Å². The fraction of sp³-hybridized carbons (Fsp3) is 0.471. The molecule has 25 heavy (non-hydrogen) atoms. The monoisotopic (exact) mass is 349 g/mol. The maximum absolute atomic E-state index is 15.1. The van der Waals surface area contributed by atoms with Gasteiger partial charge in [-0.25, -0.2) is 4.39 Å². The van der Waals surface area contributed by atoms with Crippen LogP contribution >= 0.6 is 0 Å². The molecule has 2 atom stereocenters. The number of carbonyl (C=O) groups is 2. The molecule has 1 aliphatic heterocycles. The molecule has 1 amide bonds. The first-order valence-corrected chi connectivity index (χ1v) is 8.02. The van der Waals surface area contributed by atoms with Gasteiger partial charge < -0.3 is 19.1 Å². The summed E-state index contributed by atoms with van der Waals surface area (Å²) < 4.78 is 25.9. The number of carbonyl (C=O) groups excluding carboxylic acids is 2. The number of ether oxygens (including phenoxy) is 1. The van der Waals surface area contributed by atoms with E-state index in [0.717, 1.165) is 0 Å². The minimum atomic E-state index is -0.689. The van der Waals surface area contributed by atoms with Gasteiger partial charge in [-0.2, -0.15) is 0 Å². The molecule has 1 aliphatic rings. The van der Waals surface area contributed by atoms with Gasteiger partial charge in [0.15, 0.2) is 17.8 Å². The van der Waals surface area contributed by atoms with Crippen LogP contribution in [0.2, 0.25) is 0 Å². The summed E-state index contributed by atoms with van der Waals surface area (Å²) in [6.45, 7) is 4.68. The van der Waals surface area contributed by atoms with Crippen LogP contribution in [-0.2, 0) is 4.74 Å². The molecule has 0 N–H and O–H groups in total. The van der Waals surface area contributed by atoms with E-state index < -0.39 is 11.7 Å². The number of fused-ring (bicyclic) bond motifs is 1. The second-order valence-corrected chi connectivity index (χ2v) is 6.52. The van der Waals surface area contributed by atoms with Crippen LogP contribution < -0.4 is 4.90 Å². The van der Waals surface area contributed by atoms with E-state index in [1.807, 2.05) is 13.8 Å². The third-order valence-corrected chi connectivity index (χ3v) is 4.18. The number of morpholine rings is 1. The van der Waals surface area contributed by atoms with Crippen LogP contribution in [0.1, 0.15) is 34.7 Å². The van der Waals surface area contributed by atoms with Crippen molar-refractivity contribution in [2.45, 2.75) is 26.1 Å². The van der Waals surface area contributed by atoms with Crippen LogP contribution in [0, 0.1) is 5.82 Å². The molecule has 2 heterocycles. The summed E-state index contributed by atoms with van der Waals surface area (Å²) >= 11 is 0. The van der Waals surface area contributed by atoms with Gasteiger partial charge in [0.2, 0.25) is 5.58 Å². The van der Waals surface area contributed by atoms with Gasteiger partial charge in [-0.1, -0.05) is 5.16 Å². The van der Waals surface area contributed by atoms with E-state index in [1.54, 1.807) is 19.0 Å². The van der Waals surface area contributed by atoms with E-state index in [4.69, 9.17) is 9.26 Å². The molecule has 7 nitrogen and oxygen atoms in total. The first-order valence-electron chi connectivity index (χ1n) is 8.02. The summed E-state index contributed by atoms with van der Waals surface area (Å²) in [5.74, 6) is -1.11. The number of aromatic nitrogens is 1. The fourth-order valence-corrected chi connectivity index (χ4v) is 3.19. The van der Waals surface area contributed by atoms with Gasteiger partial charge in [-0.15, -0.1) is 0 Å². The average Bonchev–Trinajstić information content (AvgIpc) is 2.96. The molecule has 2 aromatic rings. The van der Waals surface area contributed by atoms with E-state index in [0.29, 0.717) is 19.4 Å². The summed E-state index contributed by atoms with van der Waals surface area (Å²) in [5, 5.41) is 3.89. The van der Waals surface area contributed by atoms with Gasteiger partial charge in [0.05, 0.1) is 23.3 Å². The zero-order valence-electron chi connectivity index (χ0n) is 14.6. The van der Waals surface area contributed by atoms with Crippen molar-refractivity contribution in [3.8, 4) is 0 Å². The summed E-state index contributed by atoms with van der Waals surface area (Å²) in [5.41, 5.74) is 0.168. The van der Waals surface area contributed by atoms with Gasteiger partial charge in [0.25, 0.3) is 5.91 Å². The van der Waals surface area contributed by atoms with E-state index in [1.165, 1.54) is 11.0 Å². The smallest absolute Gasteiger partial charge is 0.276 e.